The standard InChI is InChI=1S/C28H40O5/c1-5-7-18-32-25-16-15-23(21(3)28(25)31-4)10-9-11-24-14-12-22(13-17-27(29)30)20-26(24)33-19-8-6-2/h12,14-16,20H,5-11,13,17-19H2,1-4H3,(H,29,30). The van der Waals surface area contributed by atoms with E-state index in [-0.39, 0.29) is 6.42 Å². The van der Waals surface area contributed by atoms with Gasteiger partial charge >= 0.3 is 5.97 Å². The minimum atomic E-state index is -0.778. The monoisotopic (exact) mass is 456 g/mol. The fourth-order valence-electron chi connectivity index (χ4n) is 3.81. The normalized spacial score (nSPS) is 10.8. The van der Waals surface area contributed by atoms with Crippen LogP contribution < -0.4 is 14.2 Å². The average Bonchev–Trinajstić information content (AvgIpc) is 2.80. The lowest BCUT2D eigenvalue weighted by atomic mass is 9.98. The third-order valence-electron chi connectivity index (χ3n) is 5.85. The van der Waals surface area contributed by atoms with E-state index in [1.54, 1.807) is 7.11 Å². The van der Waals surface area contributed by atoms with Gasteiger partial charge in [0.1, 0.15) is 5.75 Å². The van der Waals surface area contributed by atoms with Crippen LogP contribution in [0.4, 0.5) is 0 Å². The van der Waals surface area contributed by atoms with Gasteiger partial charge in [0.15, 0.2) is 11.5 Å². The van der Waals surface area contributed by atoms with Crippen molar-refractivity contribution in [3.63, 3.8) is 0 Å². The number of aryl methyl sites for hydroxylation is 3. The lowest BCUT2D eigenvalue weighted by Gasteiger charge is -2.16. The number of carboxylic acids is 1. The second-order valence-corrected chi connectivity index (χ2v) is 8.47. The number of unbranched alkanes of at least 4 members (excludes halogenated alkanes) is 2. The summed E-state index contributed by atoms with van der Waals surface area (Å²) in [6.07, 6.45) is 7.68. The van der Waals surface area contributed by atoms with Crippen LogP contribution >= 0.6 is 0 Å². The van der Waals surface area contributed by atoms with Gasteiger partial charge in [-0.25, -0.2) is 0 Å². The molecule has 2 rings (SSSR count). The van der Waals surface area contributed by atoms with Gasteiger partial charge in [-0.1, -0.05) is 44.9 Å². The molecule has 0 atom stereocenters. The largest absolute Gasteiger partial charge is 0.493 e. The van der Waals surface area contributed by atoms with Crippen LogP contribution in [-0.4, -0.2) is 31.4 Å². The Morgan fingerprint density at radius 1 is 0.848 bits per heavy atom. The Balaban J connectivity index is 2.06. The van der Waals surface area contributed by atoms with Gasteiger partial charge in [-0.2, -0.15) is 0 Å². The number of benzene rings is 2. The zero-order valence-corrected chi connectivity index (χ0v) is 20.7. The van der Waals surface area contributed by atoms with Gasteiger partial charge in [-0.15, -0.1) is 0 Å². The van der Waals surface area contributed by atoms with Crippen LogP contribution in [-0.2, 0) is 24.1 Å². The molecule has 5 nitrogen and oxygen atoms in total. The smallest absolute Gasteiger partial charge is 0.303 e. The molecule has 0 spiro atoms. The van der Waals surface area contributed by atoms with Crippen molar-refractivity contribution in [2.75, 3.05) is 20.3 Å². The number of carbonyl (C=O) groups is 1. The van der Waals surface area contributed by atoms with Crippen molar-refractivity contribution in [3.8, 4) is 17.2 Å². The van der Waals surface area contributed by atoms with E-state index in [0.29, 0.717) is 19.6 Å². The van der Waals surface area contributed by atoms with E-state index in [2.05, 4.69) is 32.9 Å². The summed E-state index contributed by atoms with van der Waals surface area (Å²) in [5.41, 5.74) is 4.58. The number of ether oxygens (including phenoxy) is 3. The molecule has 0 aliphatic rings. The first-order valence-electron chi connectivity index (χ1n) is 12.3. The third kappa shape index (κ3) is 8.64. The molecule has 0 fully saturated rings. The number of methoxy groups -OCH3 is 1. The molecule has 5 heteroatoms. The topological polar surface area (TPSA) is 65.0 Å². The van der Waals surface area contributed by atoms with Crippen LogP contribution in [0.3, 0.4) is 0 Å². The molecule has 2 aromatic carbocycles. The van der Waals surface area contributed by atoms with E-state index in [1.165, 1.54) is 11.1 Å². The highest BCUT2D eigenvalue weighted by atomic mass is 16.5. The highest BCUT2D eigenvalue weighted by molar-refractivity contribution is 5.67. The average molecular weight is 457 g/mol. The Labute approximate surface area is 199 Å². The van der Waals surface area contributed by atoms with E-state index in [0.717, 1.165) is 73.3 Å². The van der Waals surface area contributed by atoms with Gasteiger partial charge in [0.25, 0.3) is 0 Å². The minimum Gasteiger partial charge on any atom is -0.493 e. The molecular weight excluding hydrogens is 416 g/mol. The van der Waals surface area contributed by atoms with E-state index < -0.39 is 5.97 Å². The van der Waals surface area contributed by atoms with Gasteiger partial charge in [-0.3, -0.25) is 4.79 Å². The van der Waals surface area contributed by atoms with Gasteiger partial charge in [0, 0.05) is 6.42 Å². The summed E-state index contributed by atoms with van der Waals surface area (Å²) in [5, 5.41) is 8.98. The van der Waals surface area contributed by atoms with Crippen molar-refractivity contribution < 1.29 is 24.1 Å². The summed E-state index contributed by atoms with van der Waals surface area (Å²) in [7, 11) is 1.70. The van der Waals surface area contributed by atoms with Gasteiger partial charge in [0.2, 0.25) is 0 Å². The van der Waals surface area contributed by atoms with Crippen molar-refractivity contribution in [1.29, 1.82) is 0 Å². The molecule has 0 amide bonds. The maximum Gasteiger partial charge on any atom is 0.303 e. The van der Waals surface area contributed by atoms with E-state index in [1.807, 2.05) is 18.2 Å². The summed E-state index contributed by atoms with van der Waals surface area (Å²) >= 11 is 0. The highest BCUT2D eigenvalue weighted by Crippen LogP contribution is 2.34. The zero-order chi connectivity index (χ0) is 24.1. The Bertz CT molecular complexity index is 875. The number of aliphatic carboxylic acids is 1. The van der Waals surface area contributed by atoms with Crippen molar-refractivity contribution in [2.24, 2.45) is 0 Å². The predicted molar refractivity (Wildman–Crippen MR) is 133 cm³/mol. The highest BCUT2D eigenvalue weighted by Gasteiger charge is 2.13. The Morgan fingerprint density at radius 2 is 1.48 bits per heavy atom. The maximum absolute atomic E-state index is 10.9. The van der Waals surface area contributed by atoms with Crippen LogP contribution in [0, 0.1) is 6.92 Å². The zero-order valence-electron chi connectivity index (χ0n) is 20.7. The van der Waals surface area contributed by atoms with E-state index in [4.69, 9.17) is 19.3 Å². The molecule has 0 saturated heterocycles. The molecule has 0 aliphatic heterocycles. The molecule has 0 heterocycles. The lowest BCUT2D eigenvalue weighted by molar-refractivity contribution is -0.136. The van der Waals surface area contributed by atoms with Crippen LogP contribution in [0.15, 0.2) is 30.3 Å². The van der Waals surface area contributed by atoms with Crippen molar-refractivity contribution in [2.45, 2.75) is 78.6 Å². The van der Waals surface area contributed by atoms with E-state index in [9.17, 15) is 4.79 Å². The molecule has 2 aromatic rings. The molecule has 0 radical (unpaired) electrons. The summed E-state index contributed by atoms with van der Waals surface area (Å²) in [6, 6.07) is 10.3. The van der Waals surface area contributed by atoms with Crippen LogP contribution in [0.5, 0.6) is 17.2 Å². The number of hydrogen-bond donors (Lipinski definition) is 1. The molecule has 0 unspecified atom stereocenters. The second kappa shape index (κ2) is 14.5. The molecule has 0 aromatic heterocycles. The predicted octanol–water partition coefficient (Wildman–Crippen LogP) is 6.55. The third-order valence-corrected chi connectivity index (χ3v) is 5.85. The first-order valence-corrected chi connectivity index (χ1v) is 12.3. The molecule has 0 aliphatic carbocycles. The molecule has 33 heavy (non-hydrogen) atoms. The fraction of sp³-hybridized carbons (Fsp3) is 0.536. The number of hydrogen-bond acceptors (Lipinski definition) is 4. The number of carboxylic acid groups (broad SMARTS) is 1. The minimum absolute atomic E-state index is 0.132. The van der Waals surface area contributed by atoms with Crippen LogP contribution in [0.2, 0.25) is 0 Å². The quantitative estimate of drug-likeness (QED) is 0.290. The summed E-state index contributed by atoms with van der Waals surface area (Å²) in [5.74, 6) is 1.76. The first kappa shape index (κ1) is 26.6. The second-order valence-electron chi connectivity index (χ2n) is 8.47. The van der Waals surface area contributed by atoms with Gasteiger partial charge in [-0.05, 0) is 79.8 Å². The van der Waals surface area contributed by atoms with Gasteiger partial charge < -0.3 is 19.3 Å². The van der Waals surface area contributed by atoms with Crippen molar-refractivity contribution >= 4 is 5.97 Å². The van der Waals surface area contributed by atoms with Crippen LogP contribution in [0.1, 0.15) is 74.6 Å². The van der Waals surface area contributed by atoms with E-state index >= 15 is 0 Å². The summed E-state index contributed by atoms with van der Waals surface area (Å²) in [6.45, 7) is 7.77. The van der Waals surface area contributed by atoms with Crippen LogP contribution in [0.25, 0.3) is 0 Å². The number of rotatable bonds is 16. The molecule has 1 N–H and O–H groups in total. The summed E-state index contributed by atoms with van der Waals surface area (Å²) in [4.78, 5) is 10.9. The van der Waals surface area contributed by atoms with Crippen molar-refractivity contribution in [1.82, 2.24) is 0 Å². The van der Waals surface area contributed by atoms with Crippen molar-refractivity contribution in [3.05, 3.63) is 52.6 Å². The first-order chi connectivity index (χ1) is 16.0. The molecular formula is C28H40O5. The Hall–Kier alpha value is -2.69. The Kier molecular flexibility index (Phi) is 11.6. The molecule has 0 bridgehead atoms. The Morgan fingerprint density at radius 3 is 2.12 bits per heavy atom. The fourth-order valence-corrected chi connectivity index (χ4v) is 3.81. The molecule has 182 valence electrons. The maximum atomic E-state index is 10.9. The lowest BCUT2D eigenvalue weighted by Crippen LogP contribution is -2.04. The van der Waals surface area contributed by atoms with Gasteiger partial charge in [0.05, 0.1) is 20.3 Å². The SMILES string of the molecule is CCCCOc1cc(CCC(=O)O)ccc1CCCc1ccc(OCCCC)c(OC)c1C. The molecule has 0 saturated carbocycles. The summed E-state index contributed by atoms with van der Waals surface area (Å²) < 4.78 is 17.6.